The normalized spacial score (nSPS) is 15.1. The Morgan fingerprint density at radius 1 is 1.29 bits per heavy atom. The Balaban J connectivity index is 1.54. The maximum absolute atomic E-state index is 4.57. The van der Waals surface area contributed by atoms with Crippen molar-refractivity contribution in [1.82, 2.24) is 30.0 Å². The third kappa shape index (κ3) is 3.65. The zero-order chi connectivity index (χ0) is 14.5. The molecule has 112 valence electrons. The van der Waals surface area contributed by atoms with Gasteiger partial charge in [0.05, 0.1) is 12.2 Å². The summed E-state index contributed by atoms with van der Waals surface area (Å²) < 4.78 is 2.12. The minimum Gasteiger partial charge on any atom is -0.315 e. The molecule has 1 N–H and O–H groups in total. The highest BCUT2D eigenvalue weighted by Crippen LogP contribution is 2.12. The first kappa shape index (κ1) is 14.2. The van der Waals surface area contributed by atoms with Crippen LogP contribution in [0.4, 0.5) is 0 Å². The molecule has 1 aliphatic rings. The molecule has 6 nitrogen and oxygen atoms in total. The molecule has 0 aliphatic carbocycles. The monoisotopic (exact) mass is 286 g/mol. The average Bonchev–Trinajstić information content (AvgIpc) is 2.97. The number of hydrogen-bond donors (Lipinski definition) is 1. The Morgan fingerprint density at radius 2 is 2.24 bits per heavy atom. The van der Waals surface area contributed by atoms with Gasteiger partial charge in [-0.25, -0.2) is 0 Å². The molecule has 0 unspecified atom stereocenters. The van der Waals surface area contributed by atoms with Gasteiger partial charge in [-0.1, -0.05) is 13.0 Å². The molecule has 21 heavy (non-hydrogen) atoms. The van der Waals surface area contributed by atoms with Gasteiger partial charge >= 0.3 is 0 Å². The maximum atomic E-state index is 4.57. The van der Waals surface area contributed by atoms with E-state index in [0.29, 0.717) is 0 Å². The van der Waals surface area contributed by atoms with Crippen LogP contribution in [0.1, 0.15) is 30.4 Å². The standard InChI is InChI=1S/C15H22N6/c1-2-5-16-8-13-3-4-14(17-9-13)10-20-6-7-21-12-18-19-15(21)11-20/h3-4,9,12,16H,2,5-8,10-11H2,1H3. The zero-order valence-corrected chi connectivity index (χ0v) is 12.5. The van der Waals surface area contributed by atoms with E-state index in [2.05, 4.69) is 49.0 Å². The molecule has 6 heteroatoms. The summed E-state index contributed by atoms with van der Waals surface area (Å²) in [4.78, 5) is 6.93. The molecule has 0 fully saturated rings. The van der Waals surface area contributed by atoms with E-state index >= 15 is 0 Å². The summed E-state index contributed by atoms with van der Waals surface area (Å²) >= 11 is 0. The average molecular weight is 286 g/mol. The van der Waals surface area contributed by atoms with Gasteiger partial charge in [-0.2, -0.15) is 0 Å². The van der Waals surface area contributed by atoms with E-state index in [1.165, 1.54) is 5.56 Å². The lowest BCUT2D eigenvalue weighted by molar-refractivity contribution is 0.206. The van der Waals surface area contributed by atoms with E-state index in [9.17, 15) is 0 Å². The molecule has 1 aliphatic heterocycles. The van der Waals surface area contributed by atoms with E-state index in [-0.39, 0.29) is 0 Å². The smallest absolute Gasteiger partial charge is 0.147 e. The first-order chi connectivity index (χ1) is 10.3. The van der Waals surface area contributed by atoms with Crippen molar-refractivity contribution in [3.8, 4) is 0 Å². The minimum absolute atomic E-state index is 0.849. The molecular weight excluding hydrogens is 264 g/mol. The Labute approximate surface area is 125 Å². The molecule has 3 heterocycles. The number of aromatic nitrogens is 4. The molecule has 2 aromatic heterocycles. The second-order valence-corrected chi connectivity index (χ2v) is 5.49. The summed E-state index contributed by atoms with van der Waals surface area (Å²) in [7, 11) is 0. The van der Waals surface area contributed by atoms with Gasteiger partial charge in [-0.15, -0.1) is 10.2 Å². The predicted octanol–water partition coefficient (Wildman–Crippen LogP) is 1.19. The molecule has 0 radical (unpaired) electrons. The number of nitrogens with one attached hydrogen (secondary N) is 1. The van der Waals surface area contributed by atoms with Crippen LogP contribution in [0.5, 0.6) is 0 Å². The first-order valence-electron chi connectivity index (χ1n) is 7.58. The number of rotatable bonds is 6. The molecule has 3 rings (SSSR count). The fraction of sp³-hybridized carbons (Fsp3) is 0.533. The van der Waals surface area contributed by atoms with Crippen molar-refractivity contribution in [1.29, 1.82) is 0 Å². The van der Waals surface area contributed by atoms with Gasteiger partial charge in [0, 0.05) is 32.4 Å². The first-order valence-corrected chi connectivity index (χ1v) is 7.58. The van der Waals surface area contributed by atoms with Gasteiger partial charge < -0.3 is 9.88 Å². The van der Waals surface area contributed by atoms with E-state index in [0.717, 1.165) is 57.2 Å². The fourth-order valence-electron chi connectivity index (χ4n) is 2.54. The number of nitrogens with zero attached hydrogens (tertiary/aromatic N) is 5. The second kappa shape index (κ2) is 6.78. The van der Waals surface area contributed by atoms with Gasteiger partial charge in [0.15, 0.2) is 0 Å². The van der Waals surface area contributed by atoms with Crippen molar-refractivity contribution < 1.29 is 0 Å². The van der Waals surface area contributed by atoms with Crippen molar-refractivity contribution >= 4 is 0 Å². The minimum atomic E-state index is 0.849. The Hall–Kier alpha value is -1.79. The van der Waals surface area contributed by atoms with Crippen molar-refractivity contribution in [3.05, 3.63) is 41.7 Å². The van der Waals surface area contributed by atoms with E-state index < -0.39 is 0 Å². The van der Waals surface area contributed by atoms with Crippen LogP contribution in [0.3, 0.4) is 0 Å². The summed E-state index contributed by atoms with van der Waals surface area (Å²) in [5.74, 6) is 1.04. The van der Waals surface area contributed by atoms with Crippen molar-refractivity contribution in [2.24, 2.45) is 0 Å². The van der Waals surface area contributed by atoms with Crippen LogP contribution in [-0.4, -0.2) is 37.7 Å². The van der Waals surface area contributed by atoms with E-state index in [4.69, 9.17) is 0 Å². The van der Waals surface area contributed by atoms with Crippen LogP contribution in [0, 0.1) is 0 Å². The second-order valence-electron chi connectivity index (χ2n) is 5.49. The molecule has 0 saturated carbocycles. The molecule has 0 aromatic carbocycles. The quantitative estimate of drug-likeness (QED) is 0.808. The molecule has 0 bridgehead atoms. The molecule has 0 amide bonds. The van der Waals surface area contributed by atoms with Gasteiger partial charge in [0.1, 0.15) is 12.2 Å². The molecule has 0 spiro atoms. The summed E-state index contributed by atoms with van der Waals surface area (Å²) in [5, 5.41) is 11.5. The fourth-order valence-corrected chi connectivity index (χ4v) is 2.54. The van der Waals surface area contributed by atoms with E-state index in [1.54, 1.807) is 0 Å². The van der Waals surface area contributed by atoms with Crippen LogP contribution in [-0.2, 0) is 26.2 Å². The van der Waals surface area contributed by atoms with Crippen molar-refractivity contribution in [2.45, 2.75) is 39.5 Å². The largest absolute Gasteiger partial charge is 0.315 e. The Bertz CT molecular complexity index is 562. The summed E-state index contributed by atoms with van der Waals surface area (Å²) in [5.41, 5.74) is 2.35. The van der Waals surface area contributed by atoms with Gasteiger partial charge in [0.2, 0.25) is 0 Å². The van der Waals surface area contributed by atoms with Crippen LogP contribution < -0.4 is 5.32 Å². The lowest BCUT2D eigenvalue weighted by Crippen LogP contribution is -2.33. The third-order valence-electron chi connectivity index (χ3n) is 3.75. The van der Waals surface area contributed by atoms with Crippen LogP contribution in [0.15, 0.2) is 24.7 Å². The van der Waals surface area contributed by atoms with Gasteiger partial charge in [-0.05, 0) is 24.6 Å². The maximum Gasteiger partial charge on any atom is 0.147 e. The Morgan fingerprint density at radius 3 is 3.05 bits per heavy atom. The predicted molar refractivity (Wildman–Crippen MR) is 80.4 cm³/mol. The molecular formula is C15H22N6. The van der Waals surface area contributed by atoms with Gasteiger partial charge in [0.25, 0.3) is 0 Å². The van der Waals surface area contributed by atoms with Crippen molar-refractivity contribution in [3.63, 3.8) is 0 Å². The van der Waals surface area contributed by atoms with Crippen LogP contribution in [0.25, 0.3) is 0 Å². The highest BCUT2D eigenvalue weighted by Gasteiger charge is 2.17. The molecule has 0 atom stereocenters. The van der Waals surface area contributed by atoms with Crippen LogP contribution in [0.2, 0.25) is 0 Å². The van der Waals surface area contributed by atoms with Crippen molar-refractivity contribution in [2.75, 3.05) is 13.1 Å². The lowest BCUT2D eigenvalue weighted by atomic mass is 10.2. The topological polar surface area (TPSA) is 58.9 Å². The summed E-state index contributed by atoms with van der Waals surface area (Å²) in [6.45, 7) is 7.82. The number of fused-ring (bicyclic) bond motifs is 1. The highest BCUT2D eigenvalue weighted by molar-refractivity contribution is 5.14. The SMILES string of the molecule is CCCNCc1ccc(CN2CCn3cnnc3C2)nc1. The highest BCUT2D eigenvalue weighted by atomic mass is 15.3. The molecule has 0 saturated heterocycles. The lowest BCUT2D eigenvalue weighted by Gasteiger charge is -2.26. The van der Waals surface area contributed by atoms with Gasteiger partial charge in [-0.3, -0.25) is 9.88 Å². The zero-order valence-electron chi connectivity index (χ0n) is 12.5. The van der Waals surface area contributed by atoms with E-state index in [1.807, 2.05) is 12.5 Å². The Kier molecular flexibility index (Phi) is 4.57. The number of pyridine rings is 1. The third-order valence-corrected chi connectivity index (χ3v) is 3.75. The molecule has 2 aromatic rings. The van der Waals surface area contributed by atoms with Crippen LogP contribution >= 0.6 is 0 Å². The number of hydrogen-bond acceptors (Lipinski definition) is 5. The summed E-state index contributed by atoms with van der Waals surface area (Å²) in [6.07, 6.45) is 4.94. The summed E-state index contributed by atoms with van der Waals surface area (Å²) in [6, 6.07) is 4.29.